The number of likely N-dealkylation sites (N-methyl/N-ethyl adjacent to an activating group) is 1. The van der Waals surface area contributed by atoms with Crippen LogP contribution in [0.25, 0.3) is 10.9 Å². The maximum absolute atomic E-state index is 13.3. The number of nitrogens with zero attached hydrogens (tertiary/aromatic N) is 2. The number of rotatable bonds is 4. The third-order valence-corrected chi connectivity index (χ3v) is 5.58. The molecule has 0 bridgehead atoms. The number of amides is 1. The van der Waals surface area contributed by atoms with Gasteiger partial charge in [-0.2, -0.15) is 0 Å². The van der Waals surface area contributed by atoms with Crippen molar-refractivity contribution in [2.45, 2.75) is 32.4 Å². The standard InChI is InChI=1S/C22H24FN3O/c1-14-3-8-20-17(11-14)19-12-25(2)10-9-21(19)26(20)13-18(22(24)27)15-4-6-16(23)7-5-15/h3-8,11,18H,9-10,12-13H2,1-2H3,(H2,24,27). The van der Waals surface area contributed by atoms with E-state index in [0.29, 0.717) is 6.54 Å². The van der Waals surface area contributed by atoms with E-state index in [1.54, 1.807) is 12.1 Å². The summed E-state index contributed by atoms with van der Waals surface area (Å²) in [6, 6.07) is 12.5. The number of benzene rings is 2. The number of hydrogen-bond acceptors (Lipinski definition) is 2. The molecule has 1 unspecified atom stereocenters. The fraction of sp³-hybridized carbons (Fsp3) is 0.318. The Morgan fingerprint density at radius 3 is 2.67 bits per heavy atom. The number of hydrogen-bond donors (Lipinski definition) is 1. The molecule has 2 aromatic carbocycles. The minimum absolute atomic E-state index is 0.315. The molecule has 2 N–H and O–H groups in total. The molecule has 1 aromatic heterocycles. The van der Waals surface area contributed by atoms with E-state index in [-0.39, 0.29) is 5.82 Å². The van der Waals surface area contributed by atoms with Crippen molar-refractivity contribution in [2.24, 2.45) is 5.73 Å². The maximum atomic E-state index is 13.3. The highest BCUT2D eigenvalue weighted by Gasteiger charge is 2.26. The Balaban J connectivity index is 1.83. The lowest BCUT2D eigenvalue weighted by Crippen LogP contribution is -2.29. The van der Waals surface area contributed by atoms with Crippen molar-refractivity contribution in [1.29, 1.82) is 0 Å². The van der Waals surface area contributed by atoms with Crippen molar-refractivity contribution in [3.63, 3.8) is 0 Å². The van der Waals surface area contributed by atoms with Crippen LogP contribution >= 0.6 is 0 Å². The molecular formula is C22H24FN3O. The van der Waals surface area contributed by atoms with Crippen molar-refractivity contribution < 1.29 is 9.18 Å². The average molecular weight is 365 g/mol. The van der Waals surface area contributed by atoms with Crippen molar-refractivity contribution in [2.75, 3.05) is 13.6 Å². The molecule has 27 heavy (non-hydrogen) atoms. The molecule has 4 rings (SSSR count). The van der Waals surface area contributed by atoms with Crippen molar-refractivity contribution in [3.8, 4) is 0 Å². The zero-order chi connectivity index (χ0) is 19.1. The van der Waals surface area contributed by atoms with Crippen molar-refractivity contribution in [3.05, 3.63) is 70.7 Å². The van der Waals surface area contributed by atoms with E-state index >= 15 is 0 Å². The lowest BCUT2D eigenvalue weighted by atomic mass is 9.98. The molecule has 0 saturated heterocycles. The number of aryl methyl sites for hydroxylation is 1. The summed E-state index contributed by atoms with van der Waals surface area (Å²) in [5.74, 6) is -1.20. The van der Waals surface area contributed by atoms with E-state index < -0.39 is 11.8 Å². The van der Waals surface area contributed by atoms with Crippen LogP contribution in [0.1, 0.15) is 28.3 Å². The van der Waals surface area contributed by atoms with Crippen LogP contribution < -0.4 is 5.73 Å². The maximum Gasteiger partial charge on any atom is 0.226 e. The topological polar surface area (TPSA) is 51.3 Å². The van der Waals surface area contributed by atoms with E-state index in [0.717, 1.165) is 30.6 Å². The third-order valence-electron chi connectivity index (χ3n) is 5.58. The van der Waals surface area contributed by atoms with Crippen LogP contribution in [0, 0.1) is 12.7 Å². The zero-order valence-electron chi connectivity index (χ0n) is 15.7. The first-order valence-corrected chi connectivity index (χ1v) is 9.28. The van der Waals surface area contributed by atoms with Gasteiger partial charge < -0.3 is 15.2 Å². The molecule has 1 amide bonds. The second kappa shape index (κ2) is 6.82. The largest absolute Gasteiger partial charge is 0.369 e. The van der Waals surface area contributed by atoms with Crippen LogP contribution in [0.3, 0.4) is 0 Å². The molecule has 2 heterocycles. The number of nitrogens with two attached hydrogens (primary N) is 1. The molecule has 0 spiro atoms. The molecule has 0 saturated carbocycles. The van der Waals surface area contributed by atoms with E-state index in [9.17, 15) is 9.18 Å². The first kappa shape index (κ1) is 17.7. The van der Waals surface area contributed by atoms with E-state index in [1.165, 1.54) is 34.3 Å². The Morgan fingerprint density at radius 2 is 1.96 bits per heavy atom. The van der Waals surface area contributed by atoms with E-state index in [2.05, 4.69) is 41.6 Å². The number of primary amides is 1. The van der Waals surface area contributed by atoms with Crippen LogP contribution in [0.15, 0.2) is 42.5 Å². The van der Waals surface area contributed by atoms with Gasteiger partial charge in [0, 0.05) is 42.7 Å². The fourth-order valence-corrected chi connectivity index (χ4v) is 4.14. The summed E-state index contributed by atoms with van der Waals surface area (Å²) in [4.78, 5) is 14.5. The smallest absolute Gasteiger partial charge is 0.226 e. The first-order valence-electron chi connectivity index (χ1n) is 9.28. The summed E-state index contributed by atoms with van der Waals surface area (Å²) in [5, 5.41) is 1.25. The monoisotopic (exact) mass is 365 g/mol. The Bertz CT molecular complexity index is 1010. The molecule has 1 aliphatic heterocycles. The Labute approximate surface area is 158 Å². The Morgan fingerprint density at radius 1 is 1.22 bits per heavy atom. The minimum atomic E-state index is -0.494. The predicted octanol–water partition coefficient (Wildman–Crippen LogP) is 3.35. The Kier molecular flexibility index (Phi) is 4.48. The second-order valence-electron chi connectivity index (χ2n) is 7.55. The fourth-order valence-electron chi connectivity index (χ4n) is 4.14. The molecule has 0 aliphatic carbocycles. The average Bonchev–Trinajstić information content (AvgIpc) is 2.92. The molecular weight excluding hydrogens is 341 g/mol. The van der Waals surface area contributed by atoms with Gasteiger partial charge in [0.25, 0.3) is 0 Å². The molecule has 4 nitrogen and oxygen atoms in total. The molecule has 3 aromatic rings. The van der Waals surface area contributed by atoms with Gasteiger partial charge in [-0.05, 0) is 49.4 Å². The van der Waals surface area contributed by atoms with Gasteiger partial charge in [-0.25, -0.2) is 4.39 Å². The van der Waals surface area contributed by atoms with Crippen LogP contribution in [-0.4, -0.2) is 29.0 Å². The number of carbonyl (C=O) groups excluding carboxylic acids is 1. The number of fused-ring (bicyclic) bond motifs is 3. The number of aromatic nitrogens is 1. The summed E-state index contributed by atoms with van der Waals surface area (Å²) in [5.41, 5.74) is 11.5. The van der Waals surface area contributed by atoms with Gasteiger partial charge in [-0.15, -0.1) is 0 Å². The van der Waals surface area contributed by atoms with Crippen LogP contribution in [0.2, 0.25) is 0 Å². The highest BCUT2D eigenvalue weighted by atomic mass is 19.1. The number of halogens is 1. The molecule has 1 atom stereocenters. The normalized spacial score (nSPS) is 15.7. The third kappa shape index (κ3) is 3.23. The van der Waals surface area contributed by atoms with Crippen LogP contribution in [-0.2, 0) is 24.3 Å². The van der Waals surface area contributed by atoms with E-state index in [4.69, 9.17) is 5.73 Å². The molecule has 5 heteroatoms. The minimum Gasteiger partial charge on any atom is -0.369 e. The van der Waals surface area contributed by atoms with Crippen LogP contribution in [0.4, 0.5) is 4.39 Å². The van der Waals surface area contributed by atoms with Gasteiger partial charge in [0.15, 0.2) is 0 Å². The first-order chi connectivity index (χ1) is 12.9. The van der Waals surface area contributed by atoms with Crippen molar-refractivity contribution in [1.82, 2.24) is 9.47 Å². The molecule has 140 valence electrons. The van der Waals surface area contributed by atoms with Gasteiger partial charge in [0.2, 0.25) is 5.91 Å². The molecule has 0 radical (unpaired) electrons. The molecule has 0 fully saturated rings. The van der Waals surface area contributed by atoms with Gasteiger partial charge in [-0.3, -0.25) is 4.79 Å². The highest BCUT2D eigenvalue weighted by Crippen LogP contribution is 2.33. The summed E-state index contributed by atoms with van der Waals surface area (Å²) >= 11 is 0. The lowest BCUT2D eigenvalue weighted by molar-refractivity contribution is -0.119. The van der Waals surface area contributed by atoms with Gasteiger partial charge in [0.05, 0.1) is 5.92 Å². The van der Waals surface area contributed by atoms with Gasteiger partial charge in [-0.1, -0.05) is 23.8 Å². The van der Waals surface area contributed by atoms with E-state index in [1.807, 2.05) is 0 Å². The van der Waals surface area contributed by atoms with Crippen LogP contribution in [0.5, 0.6) is 0 Å². The Hall–Kier alpha value is -2.66. The SMILES string of the molecule is Cc1ccc2c(c1)c1c(n2CC(C(N)=O)c2ccc(F)cc2)CCN(C)C1. The molecule has 1 aliphatic rings. The second-order valence-corrected chi connectivity index (χ2v) is 7.55. The number of carbonyl (C=O) groups is 1. The summed E-state index contributed by atoms with van der Waals surface area (Å²) < 4.78 is 15.6. The van der Waals surface area contributed by atoms with Crippen molar-refractivity contribution >= 4 is 16.8 Å². The van der Waals surface area contributed by atoms with Gasteiger partial charge in [0.1, 0.15) is 5.82 Å². The summed E-state index contributed by atoms with van der Waals surface area (Å²) in [6.45, 7) is 4.46. The summed E-state index contributed by atoms with van der Waals surface area (Å²) in [7, 11) is 2.13. The zero-order valence-corrected chi connectivity index (χ0v) is 15.7. The summed E-state index contributed by atoms with van der Waals surface area (Å²) in [6.07, 6.45) is 0.939. The predicted molar refractivity (Wildman–Crippen MR) is 105 cm³/mol. The lowest BCUT2D eigenvalue weighted by Gasteiger charge is -2.25. The highest BCUT2D eigenvalue weighted by molar-refractivity contribution is 5.87. The van der Waals surface area contributed by atoms with Gasteiger partial charge >= 0.3 is 0 Å². The quantitative estimate of drug-likeness (QED) is 0.771.